The van der Waals surface area contributed by atoms with Crippen molar-refractivity contribution in [3.8, 4) is 0 Å². The summed E-state index contributed by atoms with van der Waals surface area (Å²) in [4.78, 5) is 16.1. The van der Waals surface area contributed by atoms with Crippen molar-refractivity contribution < 1.29 is 4.79 Å². The minimum atomic E-state index is -0.178. The number of amides is 1. The Labute approximate surface area is 110 Å². The molecule has 2 heterocycles. The van der Waals surface area contributed by atoms with Crippen molar-refractivity contribution in [2.75, 3.05) is 5.32 Å². The van der Waals surface area contributed by atoms with Crippen molar-refractivity contribution in [2.24, 2.45) is 5.73 Å². The standard InChI is InChI=1S/C12H16N6O/c1-8-3-4-11(9(2)14-8)15-12(19)7-18-6-10(5-13)16-17-18/h3-4,6H,5,7,13H2,1-2H3,(H,15,19). The molecule has 0 atom stereocenters. The van der Waals surface area contributed by atoms with Gasteiger partial charge in [0.25, 0.3) is 0 Å². The molecule has 0 aliphatic carbocycles. The lowest BCUT2D eigenvalue weighted by molar-refractivity contribution is -0.116. The maximum atomic E-state index is 11.9. The van der Waals surface area contributed by atoms with E-state index in [1.165, 1.54) is 4.68 Å². The Balaban J connectivity index is 2.01. The van der Waals surface area contributed by atoms with Crippen LogP contribution >= 0.6 is 0 Å². The molecular formula is C12H16N6O. The lowest BCUT2D eigenvalue weighted by Gasteiger charge is -2.08. The predicted octanol–water partition coefficient (Wildman–Crippen LogP) is 0.387. The second kappa shape index (κ2) is 5.57. The monoisotopic (exact) mass is 260 g/mol. The van der Waals surface area contributed by atoms with Crippen LogP contribution in [0.15, 0.2) is 18.3 Å². The first-order valence-electron chi connectivity index (χ1n) is 5.91. The van der Waals surface area contributed by atoms with Gasteiger partial charge in [0.15, 0.2) is 0 Å². The van der Waals surface area contributed by atoms with Crippen LogP contribution in [-0.4, -0.2) is 25.9 Å². The summed E-state index contributed by atoms with van der Waals surface area (Å²) in [5.74, 6) is -0.178. The molecule has 19 heavy (non-hydrogen) atoms. The van der Waals surface area contributed by atoms with E-state index in [1.54, 1.807) is 6.20 Å². The summed E-state index contributed by atoms with van der Waals surface area (Å²) in [6.45, 7) is 4.16. The molecule has 7 nitrogen and oxygen atoms in total. The van der Waals surface area contributed by atoms with E-state index in [0.29, 0.717) is 17.9 Å². The highest BCUT2D eigenvalue weighted by Crippen LogP contribution is 2.12. The molecule has 0 spiro atoms. The maximum Gasteiger partial charge on any atom is 0.246 e. The summed E-state index contributed by atoms with van der Waals surface area (Å²) in [5.41, 5.74) is 8.49. The third-order valence-corrected chi connectivity index (χ3v) is 2.60. The number of carbonyl (C=O) groups excluding carboxylic acids is 1. The van der Waals surface area contributed by atoms with Gasteiger partial charge in [-0.1, -0.05) is 5.21 Å². The third kappa shape index (κ3) is 3.35. The number of hydrogen-bond acceptors (Lipinski definition) is 5. The van der Waals surface area contributed by atoms with Crippen LogP contribution in [0.2, 0.25) is 0 Å². The second-order valence-electron chi connectivity index (χ2n) is 4.25. The van der Waals surface area contributed by atoms with Gasteiger partial charge in [-0.3, -0.25) is 9.78 Å². The SMILES string of the molecule is Cc1ccc(NC(=O)Cn2cc(CN)nn2)c(C)n1. The largest absolute Gasteiger partial charge is 0.325 e. The Morgan fingerprint density at radius 2 is 2.21 bits per heavy atom. The quantitative estimate of drug-likeness (QED) is 0.828. The van der Waals surface area contributed by atoms with Gasteiger partial charge in [-0.15, -0.1) is 5.10 Å². The molecule has 0 saturated carbocycles. The molecule has 0 bridgehead atoms. The number of rotatable bonds is 4. The van der Waals surface area contributed by atoms with Crippen molar-refractivity contribution in [1.82, 2.24) is 20.0 Å². The Kier molecular flexibility index (Phi) is 3.86. The summed E-state index contributed by atoms with van der Waals surface area (Å²) in [5, 5.41) is 10.4. The first-order valence-corrected chi connectivity index (χ1v) is 5.91. The van der Waals surface area contributed by atoms with E-state index in [-0.39, 0.29) is 12.5 Å². The molecular weight excluding hydrogens is 244 g/mol. The van der Waals surface area contributed by atoms with Gasteiger partial charge in [-0.25, -0.2) is 4.68 Å². The molecule has 3 N–H and O–H groups in total. The van der Waals surface area contributed by atoms with Crippen LogP contribution in [0.5, 0.6) is 0 Å². The number of anilines is 1. The minimum absolute atomic E-state index is 0.0975. The van der Waals surface area contributed by atoms with Crippen LogP contribution in [0.1, 0.15) is 17.1 Å². The van der Waals surface area contributed by atoms with E-state index in [0.717, 1.165) is 11.4 Å². The fraction of sp³-hybridized carbons (Fsp3) is 0.333. The Hall–Kier alpha value is -2.28. The summed E-state index contributed by atoms with van der Waals surface area (Å²) < 4.78 is 1.45. The van der Waals surface area contributed by atoms with Crippen LogP contribution in [0, 0.1) is 13.8 Å². The number of nitrogens with two attached hydrogens (primary N) is 1. The van der Waals surface area contributed by atoms with E-state index in [2.05, 4.69) is 20.6 Å². The van der Waals surface area contributed by atoms with Crippen molar-refractivity contribution in [3.05, 3.63) is 35.4 Å². The van der Waals surface area contributed by atoms with E-state index in [1.807, 2.05) is 26.0 Å². The average Bonchev–Trinajstić information content (AvgIpc) is 2.80. The highest BCUT2D eigenvalue weighted by molar-refractivity contribution is 5.90. The van der Waals surface area contributed by atoms with Gasteiger partial charge in [0.2, 0.25) is 5.91 Å². The summed E-state index contributed by atoms with van der Waals surface area (Å²) >= 11 is 0. The molecule has 2 rings (SSSR count). The number of pyridine rings is 1. The van der Waals surface area contributed by atoms with Crippen LogP contribution in [0.4, 0.5) is 5.69 Å². The predicted molar refractivity (Wildman–Crippen MR) is 70.3 cm³/mol. The van der Waals surface area contributed by atoms with Gasteiger partial charge in [0, 0.05) is 12.2 Å². The van der Waals surface area contributed by atoms with Crippen molar-refractivity contribution in [3.63, 3.8) is 0 Å². The van der Waals surface area contributed by atoms with Gasteiger partial charge in [-0.2, -0.15) is 0 Å². The van der Waals surface area contributed by atoms with Gasteiger partial charge < -0.3 is 11.1 Å². The van der Waals surface area contributed by atoms with Gasteiger partial charge >= 0.3 is 0 Å². The second-order valence-corrected chi connectivity index (χ2v) is 4.25. The van der Waals surface area contributed by atoms with Crippen molar-refractivity contribution in [1.29, 1.82) is 0 Å². The normalized spacial score (nSPS) is 10.5. The average molecular weight is 260 g/mol. The van der Waals surface area contributed by atoms with Crippen LogP contribution < -0.4 is 11.1 Å². The van der Waals surface area contributed by atoms with Gasteiger partial charge in [0.1, 0.15) is 6.54 Å². The highest BCUT2D eigenvalue weighted by Gasteiger charge is 2.08. The van der Waals surface area contributed by atoms with Gasteiger partial charge in [0.05, 0.1) is 23.3 Å². The molecule has 1 amide bonds. The Morgan fingerprint density at radius 1 is 1.42 bits per heavy atom. The maximum absolute atomic E-state index is 11.9. The molecule has 0 radical (unpaired) electrons. The van der Waals surface area contributed by atoms with E-state index >= 15 is 0 Å². The molecule has 0 aliphatic rings. The number of nitrogens with zero attached hydrogens (tertiary/aromatic N) is 4. The lowest BCUT2D eigenvalue weighted by atomic mass is 10.2. The number of carbonyl (C=O) groups is 1. The van der Waals surface area contributed by atoms with Crippen molar-refractivity contribution >= 4 is 11.6 Å². The summed E-state index contributed by atoms with van der Waals surface area (Å²) in [6.07, 6.45) is 1.65. The topological polar surface area (TPSA) is 98.7 Å². The molecule has 100 valence electrons. The summed E-state index contributed by atoms with van der Waals surface area (Å²) in [7, 11) is 0. The fourth-order valence-electron chi connectivity index (χ4n) is 1.66. The molecule has 2 aromatic heterocycles. The molecule has 0 unspecified atom stereocenters. The summed E-state index contributed by atoms with van der Waals surface area (Å²) in [6, 6.07) is 3.69. The van der Waals surface area contributed by atoms with Gasteiger partial charge in [-0.05, 0) is 26.0 Å². The van der Waals surface area contributed by atoms with E-state index in [9.17, 15) is 4.79 Å². The first-order chi connectivity index (χ1) is 9.08. The number of aromatic nitrogens is 4. The molecule has 2 aromatic rings. The van der Waals surface area contributed by atoms with E-state index < -0.39 is 0 Å². The minimum Gasteiger partial charge on any atom is -0.325 e. The lowest BCUT2D eigenvalue weighted by Crippen LogP contribution is -2.20. The molecule has 0 saturated heterocycles. The van der Waals surface area contributed by atoms with Crippen LogP contribution in [0.3, 0.4) is 0 Å². The third-order valence-electron chi connectivity index (χ3n) is 2.60. The van der Waals surface area contributed by atoms with Crippen LogP contribution in [-0.2, 0) is 17.9 Å². The van der Waals surface area contributed by atoms with E-state index in [4.69, 9.17) is 5.73 Å². The zero-order chi connectivity index (χ0) is 13.8. The smallest absolute Gasteiger partial charge is 0.246 e. The number of aryl methyl sites for hydroxylation is 2. The zero-order valence-electron chi connectivity index (χ0n) is 10.9. The molecule has 0 fully saturated rings. The molecule has 0 aromatic carbocycles. The zero-order valence-corrected chi connectivity index (χ0v) is 10.9. The Morgan fingerprint density at radius 3 is 2.84 bits per heavy atom. The highest BCUT2D eigenvalue weighted by atomic mass is 16.2. The first kappa shape index (κ1) is 13.2. The fourth-order valence-corrected chi connectivity index (χ4v) is 1.66. The Bertz CT molecular complexity index is 592. The number of hydrogen-bond donors (Lipinski definition) is 2. The molecule has 7 heteroatoms. The van der Waals surface area contributed by atoms with Crippen molar-refractivity contribution in [2.45, 2.75) is 26.9 Å². The molecule has 0 aliphatic heterocycles. The van der Waals surface area contributed by atoms with Crippen LogP contribution in [0.25, 0.3) is 0 Å². The number of nitrogens with one attached hydrogen (secondary N) is 1.